The summed E-state index contributed by atoms with van der Waals surface area (Å²) in [5.41, 5.74) is 8.27. The fourth-order valence-corrected chi connectivity index (χ4v) is 7.43. The first kappa shape index (κ1) is 32.3. The molecular weight excluding hydrogens is 607 g/mol. The molecule has 2 atom stereocenters. The number of hydrogen-bond acceptors (Lipinski definition) is 5. The predicted molar refractivity (Wildman–Crippen MR) is 189 cm³/mol. The number of amides is 1. The van der Waals surface area contributed by atoms with E-state index in [0.29, 0.717) is 24.3 Å². The van der Waals surface area contributed by atoms with Crippen molar-refractivity contribution < 1.29 is 18.8 Å². The molecule has 6 rings (SSSR count). The third kappa shape index (κ3) is 6.90. The van der Waals surface area contributed by atoms with Crippen LogP contribution in [0.1, 0.15) is 54.8 Å². The van der Waals surface area contributed by atoms with E-state index in [0.717, 1.165) is 44.7 Å². The molecule has 1 aliphatic rings. The third-order valence-corrected chi connectivity index (χ3v) is 10.2. The van der Waals surface area contributed by atoms with Crippen LogP contribution in [0.4, 0.5) is 5.69 Å². The summed E-state index contributed by atoms with van der Waals surface area (Å²) in [6.45, 7) is 6.13. The maximum atomic E-state index is 13.8. The fourth-order valence-electron chi connectivity index (χ4n) is 6.03. The second kappa shape index (κ2) is 13.6. The number of rotatable bonds is 9. The number of aliphatic hydroxyl groups is 1. The Kier molecular flexibility index (Phi) is 9.36. The Morgan fingerprint density at radius 2 is 1.51 bits per heavy atom. The van der Waals surface area contributed by atoms with Crippen LogP contribution in [0.25, 0.3) is 33.5 Å². The zero-order valence-electron chi connectivity index (χ0n) is 27.1. The number of hydrogen-bond donors (Lipinski definition) is 2. The number of benzene rings is 4. The van der Waals surface area contributed by atoms with Crippen LogP contribution in [0.3, 0.4) is 0 Å². The summed E-state index contributed by atoms with van der Waals surface area (Å²) < 4.78 is 20.7. The first-order valence-corrected chi connectivity index (χ1v) is 16.8. The van der Waals surface area contributed by atoms with Crippen molar-refractivity contribution in [2.45, 2.75) is 44.5 Å². The van der Waals surface area contributed by atoms with E-state index >= 15 is 0 Å². The zero-order valence-corrected chi connectivity index (χ0v) is 27.9. The average Bonchev–Trinajstić information content (AvgIpc) is 3.46. The summed E-state index contributed by atoms with van der Waals surface area (Å²) in [5.74, 6) is 0.422. The second-order valence-corrected chi connectivity index (χ2v) is 14.8. The van der Waals surface area contributed by atoms with Gasteiger partial charge in [0, 0.05) is 30.0 Å². The minimum absolute atomic E-state index is 0.0769. The quantitative estimate of drug-likeness (QED) is 0.169. The van der Waals surface area contributed by atoms with Gasteiger partial charge in [0.05, 0.1) is 23.6 Å². The lowest BCUT2D eigenvalue weighted by Gasteiger charge is -2.30. The molecule has 2 heterocycles. The fraction of sp³-hybridized carbons (Fsp3) is 0.231. The summed E-state index contributed by atoms with van der Waals surface area (Å²) >= 11 is 0. The molecular formula is C39H39N3O4S. The lowest BCUT2D eigenvalue weighted by atomic mass is 9.94. The number of pyridine rings is 1. The SMILES string of the molecule is COc1cccc(-c2cccc(-c3nc(C(=O)Nc4ccc(-c5ccccc5)cc4)cc4c3[C@@H](CCO)N(S(=O)C(C)(C)C)C4)c2)c1. The number of fused-ring (bicyclic) bond motifs is 1. The molecule has 0 aliphatic carbocycles. The summed E-state index contributed by atoms with van der Waals surface area (Å²) in [6.07, 6.45) is 0.387. The highest BCUT2D eigenvalue weighted by molar-refractivity contribution is 7.84. The minimum atomic E-state index is -1.36. The number of carbonyl (C=O) groups excluding carboxylic acids is 1. The summed E-state index contributed by atoms with van der Waals surface area (Å²) in [5, 5.41) is 13.2. The van der Waals surface area contributed by atoms with Crippen molar-refractivity contribution in [2.75, 3.05) is 19.0 Å². The molecule has 0 fully saturated rings. The molecule has 240 valence electrons. The van der Waals surface area contributed by atoms with Crippen LogP contribution in [0.15, 0.2) is 109 Å². The molecule has 1 unspecified atom stereocenters. The van der Waals surface area contributed by atoms with E-state index in [1.165, 1.54) is 0 Å². The van der Waals surface area contributed by atoms with Crippen LogP contribution in [-0.2, 0) is 17.5 Å². The molecule has 0 saturated carbocycles. The number of methoxy groups -OCH3 is 1. The Morgan fingerprint density at radius 3 is 2.19 bits per heavy atom. The van der Waals surface area contributed by atoms with Crippen molar-refractivity contribution in [3.05, 3.63) is 126 Å². The standard InChI is InChI=1S/C39H39N3O4S/c1-39(2,3)47(45)42-25-31-24-34(38(44)40-32-18-16-27(17-19-32)26-10-6-5-7-11-26)41-37(36(31)35(42)20-21-43)30-14-8-12-28(22-30)29-13-9-15-33(23-29)46-4/h5-19,22-24,35,43H,20-21,25H2,1-4H3,(H,40,44)/t35-,47?/m1/s1. The van der Waals surface area contributed by atoms with Gasteiger partial charge >= 0.3 is 0 Å². The van der Waals surface area contributed by atoms with Crippen LogP contribution >= 0.6 is 0 Å². The van der Waals surface area contributed by atoms with Crippen molar-refractivity contribution in [3.63, 3.8) is 0 Å². The molecule has 0 spiro atoms. The van der Waals surface area contributed by atoms with Gasteiger partial charge in [-0.25, -0.2) is 13.5 Å². The zero-order chi connectivity index (χ0) is 33.1. The molecule has 0 saturated heterocycles. The van der Waals surface area contributed by atoms with Gasteiger partial charge in [0.2, 0.25) is 0 Å². The van der Waals surface area contributed by atoms with Gasteiger partial charge in [0.25, 0.3) is 5.91 Å². The molecule has 8 heteroatoms. The van der Waals surface area contributed by atoms with E-state index in [9.17, 15) is 14.1 Å². The van der Waals surface area contributed by atoms with E-state index < -0.39 is 15.7 Å². The van der Waals surface area contributed by atoms with Crippen LogP contribution in [0.5, 0.6) is 5.75 Å². The first-order chi connectivity index (χ1) is 22.7. The molecule has 1 amide bonds. The van der Waals surface area contributed by atoms with E-state index in [2.05, 4.69) is 11.4 Å². The van der Waals surface area contributed by atoms with Crippen molar-refractivity contribution in [2.24, 2.45) is 0 Å². The van der Waals surface area contributed by atoms with Gasteiger partial charge in [-0.05, 0) is 91.4 Å². The van der Waals surface area contributed by atoms with Gasteiger partial charge in [-0.15, -0.1) is 0 Å². The van der Waals surface area contributed by atoms with Gasteiger partial charge in [-0.1, -0.05) is 72.8 Å². The molecule has 0 bridgehead atoms. The number of ether oxygens (including phenoxy) is 1. The Hall–Kier alpha value is -4.63. The van der Waals surface area contributed by atoms with Crippen molar-refractivity contribution >= 4 is 22.6 Å². The molecule has 1 aromatic heterocycles. The summed E-state index contributed by atoms with van der Waals surface area (Å²) in [6, 6.07) is 35.2. The molecule has 0 radical (unpaired) electrons. The lowest BCUT2D eigenvalue weighted by molar-refractivity contribution is 0.102. The van der Waals surface area contributed by atoms with Crippen LogP contribution in [0.2, 0.25) is 0 Å². The summed E-state index contributed by atoms with van der Waals surface area (Å²) in [7, 11) is 0.284. The molecule has 47 heavy (non-hydrogen) atoms. The molecule has 1 aliphatic heterocycles. The maximum Gasteiger partial charge on any atom is 0.274 e. The molecule has 7 nitrogen and oxygen atoms in total. The number of carbonyl (C=O) groups is 1. The Balaban J connectivity index is 1.42. The third-order valence-electron chi connectivity index (χ3n) is 8.31. The van der Waals surface area contributed by atoms with Crippen LogP contribution < -0.4 is 10.1 Å². The van der Waals surface area contributed by atoms with Gasteiger partial charge in [0.1, 0.15) is 22.4 Å². The average molecular weight is 646 g/mol. The Labute approximate surface area is 278 Å². The smallest absolute Gasteiger partial charge is 0.274 e. The normalized spacial score (nSPS) is 15.2. The van der Waals surface area contributed by atoms with Crippen molar-refractivity contribution in [1.29, 1.82) is 0 Å². The van der Waals surface area contributed by atoms with Gasteiger partial charge in [-0.2, -0.15) is 0 Å². The number of anilines is 1. The largest absolute Gasteiger partial charge is 0.497 e. The number of aliphatic hydroxyl groups excluding tert-OH is 1. The van der Waals surface area contributed by atoms with E-state index in [1.807, 2.05) is 128 Å². The highest BCUT2D eigenvalue weighted by atomic mass is 32.2. The van der Waals surface area contributed by atoms with Crippen LogP contribution in [0, 0.1) is 0 Å². The van der Waals surface area contributed by atoms with Crippen molar-refractivity contribution in [1.82, 2.24) is 9.29 Å². The highest BCUT2D eigenvalue weighted by Gasteiger charge is 2.40. The number of nitrogens with zero attached hydrogens (tertiary/aromatic N) is 2. The van der Waals surface area contributed by atoms with Crippen LogP contribution in [-0.4, -0.2) is 43.0 Å². The lowest BCUT2D eigenvalue weighted by Crippen LogP contribution is -2.36. The van der Waals surface area contributed by atoms with E-state index in [-0.39, 0.29) is 24.2 Å². The molecule has 2 N–H and O–H groups in total. The van der Waals surface area contributed by atoms with Gasteiger partial charge in [0.15, 0.2) is 0 Å². The predicted octanol–water partition coefficient (Wildman–Crippen LogP) is 8.04. The Bertz CT molecular complexity index is 1920. The monoisotopic (exact) mass is 645 g/mol. The molecule has 4 aromatic carbocycles. The topological polar surface area (TPSA) is 91.8 Å². The summed E-state index contributed by atoms with van der Waals surface area (Å²) in [4.78, 5) is 18.8. The number of aromatic nitrogens is 1. The first-order valence-electron chi connectivity index (χ1n) is 15.7. The van der Waals surface area contributed by atoms with Crippen molar-refractivity contribution in [3.8, 4) is 39.3 Å². The minimum Gasteiger partial charge on any atom is -0.497 e. The maximum absolute atomic E-state index is 13.8. The highest BCUT2D eigenvalue weighted by Crippen LogP contribution is 2.44. The second-order valence-electron chi connectivity index (χ2n) is 12.6. The Morgan fingerprint density at radius 1 is 0.872 bits per heavy atom. The van der Waals surface area contributed by atoms with E-state index in [1.54, 1.807) is 7.11 Å². The number of nitrogens with one attached hydrogen (secondary N) is 1. The molecule has 5 aromatic rings. The van der Waals surface area contributed by atoms with E-state index in [4.69, 9.17) is 9.72 Å². The van der Waals surface area contributed by atoms with Gasteiger partial charge < -0.3 is 15.2 Å². The van der Waals surface area contributed by atoms with Gasteiger partial charge in [-0.3, -0.25) is 4.79 Å².